The smallest absolute Gasteiger partial charge is 0.410 e. The molecule has 0 radical (unpaired) electrons. The van der Waals surface area contributed by atoms with Crippen molar-refractivity contribution in [2.45, 2.75) is 77.9 Å². The van der Waals surface area contributed by atoms with E-state index in [-0.39, 0.29) is 36.1 Å². The van der Waals surface area contributed by atoms with Crippen LogP contribution in [-0.2, 0) is 4.74 Å². The maximum Gasteiger partial charge on any atom is 0.410 e. The zero-order chi connectivity index (χ0) is 19.4. The molecular formula is C21H39IN4O2. The molecule has 7 heteroatoms. The lowest BCUT2D eigenvalue weighted by Gasteiger charge is -2.40. The first-order chi connectivity index (χ1) is 12.9. The van der Waals surface area contributed by atoms with Gasteiger partial charge in [-0.3, -0.25) is 4.99 Å². The molecule has 1 heterocycles. The van der Waals surface area contributed by atoms with E-state index in [4.69, 9.17) is 9.73 Å². The summed E-state index contributed by atoms with van der Waals surface area (Å²) in [5.41, 5.74) is -0.437. The van der Waals surface area contributed by atoms with Crippen LogP contribution < -0.4 is 5.32 Å². The molecule has 0 bridgehead atoms. The van der Waals surface area contributed by atoms with Gasteiger partial charge in [-0.2, -0.15) is 0 Å². The fraction of sp³-hybridized carbons (Fsp3) is 0.905. The average molecular weight is 506 g/mol. The van der Waals surface area contributed by atoms with Crippen LogP contribution >= 0.6 is 24.0 Å². The first kappa shape index (κ1) is 23.5. The van der Waals surface area contributed by atoms with Crippen LogP contribution in [0.4, 0.5) is 4.79 Å². The summed E-state index contributed by atoms with van der Waals surface area (Å²) in [4.78, 5) is 22.0. The molecule has 0 atom stereocenters. The van der Waals surface area contributed by atoms with Crippen molar-refractivity contribution in [3.05, 3.63) is 0 Å². The molecule has 1 aliphatic heterocycles. The lowest BCUT2D eigenvalue weighted by atomic mass is 10.0. The predicted molar refractivity (Wildman–Crippen MR) is 124 cm³/mol. The first-order valence-electron chi connectivity index (χ1n) is 10.9. The number of carbonyl (C=O) groups is 1. The Balaban J connectivity index is 0.00000280. The minimum Gasteiger partial charge on any atom is -0.444 e. The van der Waals surface area contributed by atoms with Gasteiger partial charge in [-0.15, -0.1) is 24.0 Å². The van der Waals surface area contributed by atoms with Crippen molar-refractivity contribution in [1.82, 2.24) is 15.1 Å². The molecule has 3 fully saturated rings. The standard InChI is InChI=1S/C21H38N4O2.HI/c1-5-22-19(23-14-16-6-7-16)24-12-10-18(11-13-24)25(15-17-8-9-17)20(26)27-21(2,3)4;/h16-18H,5-15H2,1-4H3,(H,22,23);1H. The summed E-state index contributed by atoms with van der Waals surface area (Å²) in [5, 5.41) is 3.45. The minimum absolute atomic E-state index is 0. The third-order valence-electron chi connectivity index (χ3n) is 5.52. The van der Waals surface area contributed by atoms with Gasteiger partial charge in [-0.1, -0.05) is 0 Å². The maximum absolute atomic E-state index is 12.8. The summed E-state index contributed by atoms with van der Waals surface area (Å²) in [7, 11) is 0. The lowest BCUT2D eigenvalue weighted by Crippen LogP contribution is -2.52. The number of rotatable bonds is 6. The van der Waals surface area contributed by atoms with E-state index in [1.807, 2.05) is 25.7 Å². The van der Waals surface area contributed by atoms with E-state index in [1.165, 1.54) is 25.7 Å². The van der Waals surface area contributed by atoms with Gasteiger partial charge in [0, 0.05) is 38.8 Å². The molecule has 2 saturated carbocycles. The van der Waals surface area contributed by atoms with Crippen LogP contribution in [0.15, 0.2) is 4.99 Å². The van der Waals surface area contributed by atoms with Gasteiger partial charge in [-0.25, -0.2) is 4.79 Å². The maximum atomic E-state index is 12.8. The number of hydrogen-bond donors (Lipinski definition) is 1. The lowest BCUT2D eigenvalue weighted by molar-refractivity contribution is 0.00928. The number of carbonyl (C=O) groups excluding carboxylic acids is 1. The molecule has 0 unspecified atom stereocenters. The van der Waals surface area contributed by atoms with Gasteiger partial charge in [-0.05, 0) is 78.1 Å². The minimum atomic E-state index is -0.437. The Bertz CT molecular complexity index is 533. The number of nitrogens with zero attached hydrogens (tertiary/aromatic N) is 3. The molecule has 6 nitrogen and oxygen atoms in total. The van der Waals surface area contributed by atoms with E-state index in [0.29, 0.717) is 5.92 Å². The van der Waals surface area contributed by atoms with Gasteiger partial charge in [0.1, 0.15) is 5.60 Å². The van der Waals surface area contributed by atoms with E-state index in [1.54, 1.807) is 0 Å². The highest BCUT2D eigenvalue weighted by Gasteiger charge is 2.35. The summed E-state index contributed by atoms with van der Waals surface area (Å²) < 4.78 is 5.70. The topological polar surface area (TPSA) is 57.2 Å². The summed E-state index contributed by atoms with van der Waals surface area (Å²) in [6.45, 7) is 12.6. The number of piperidine rings is 1. The summed E-state index contributed by atoms with van der Waals surface area (Å²) >= 11 is 0. The van der Waals surface area contributed by atoms with Crippen LogP contribution in [-0.4, -0.2) is 66.2 Å². The van der Waals surface area contributed by atoms with E-state index in [9.17, 15) is 4.79 Å². The third-order valence-corrected chi connectivity index (χ3v) is 5.52. The molecule has 28 heavy (non-hydrogen) atoms. The van der Waals surface area contributed by atoms with Crippen molar-refractivity contribution in [3.63, 3.8) is 0 Å². The van der Waals surface area contributed by atoms with Crippen LogP contribution in [0.3, 0.4) is 0 Å². The fourth-order valence-corrected chi connectivity index (χ4v) is 3.60. The van der Waals surface area contributed by atoms with E-state index in [2.05, 4.69) is 17.1 Å². The number of amides is 1. The van der Waals surface area contributed by atoms with Gasteiger partial charge < -0.3 is 19.9 Å². The highest BCUT2D eigenvalue weighted by atomic mass is 127. The van der Waals surface area contributed by atoms with Gasteiger partial charge >= 0.3 is 6.09 Å². The third kappa shape index (κ3) is 7.59. The molecule has 0 aromatic rings. The second-order valence-corrected chi connectivity index (χ2v) is 9.43. The van der Waals surface area contributed by atoms with Crippen molar-refractivity contribution in [2.24, 2.45) is 16.8 Å². The van der Waals surface area contributed by atoms with Gasteiger partial charge in [0.15, 0.2) is 5.96 Å². The molecule has 1 N–H and O–H groups in total. The number of nitrogens with one attached hydrogen (secondary N) is 1. The molecule has 0 spiro atoms. The number of hydrogen-bond acceptors (Lipinski definition) is 3. The Morgan fingerprint density at radius 2 is 1.71 bits per heavy atom. The van der Waals surface area contributed by atoms with Crippen LogP contribution in [0.1, 0.15) is 66.2 Å². The van der Waals surface area contributed by atoms with Gasteiger partial charge in [0.25, 0.3) is 0 Å². The van der Waals surface area contributed by atoms with E-state index >= 15 is 0 Å². The van der Waals surface area contributed by atoms with Gasteiger partial charge in [0.05, 0.1) is 0 Å². The largest absolute Gasteiger partial charge is 0.444 e. The predicted octanol–water partition coefficient (Wildman–Crippen LogP) is 4.09. The molecule has 162 valence electrons. The Morgan fingerprint density at radius 1 is 1.11 bits per heavy atom. The molecule has 0 aromatic carbocycles. The average Bonchev–Trinajstić information content (AvgIpc) is 3.50. The number of halogens is 1. The molecule has 2 aliphatic carbocycles. The second-order valence-electron chi connectivity index (χ2n) is 9.43. The Labute approximate surface area is 187 Å². The summed E-state index contributed by atoms with van der Waals surface area (Å²) in [5.74, 6) is 2.53. The van der Waals surface area contributed by atoms with Gasteiger partial charge in [0.2, 0.25) is 0 Å². The van der Waals surface area contributed by atoms with Crippen LogP contribution in [0.2, 0.25) is 0 Å². The molecule has 1 saturated heterocycles. The molecule has 3 aliphatic rings. The number of ether oxygens (including phenoxy) is 1. The quantitative estimate of drug-likeness (QED) is 0.335. The molecule has 3 rings (SSSR count). The van der Waals surface area contributed by atoms with E-state index in [0.717, 1.165) is 57.4 Å². The zero-order valence-electron chi connectivity index (χ0n) is 18.1. The monoisotopic (exact) mass is 506 g/mol. The summed E-state index contributed by atoms with van der Waals surface area (Å²) in [6, 6.07) is 0.281. The highest BCUT2D eigenvalue weighted by molar-refractivity contribution is 14.0. The Kier molecular flexibility index (Phi) is 8.70. The van der Waals surface area contributed by atoms with Crippen molar-refractivity contribution in [3.8, 4) is 0 Å². The molecular weight excluding hydrogens is 467 g/mol. The fourth-order valence-electron chi connectivity index (χ4n) is 3.60. The van der Waals surface area contributed by atoms with E-state index < -0.39 is 5.60 Å². The van der Waals surface area contributed by atoms with Crippen LogP contribution in [0.5, 0.6) is 0 Å². The second kappa shape index (κ2) is 10.3. The Hall–Kier alpha value is -0.730. The SMILES string of the molecule is CCNC(=NCC1CC1)N1CCC(N(CC2CC2)C(=O)OC(C)(C)C)CC1.I. The summed E-state index contributed by atoms with van der Waals surface area (Å²) in [6.07, 6.45) is 6.99. The Morgan fingerprint density at radius 3 is 2.21 bits per heavy atom. The number of aliphatic imine (C=N–C) groups is 1. The number of likely N-dealkylation sites (tertiary alicyclic amines) is 1. The highest BCUT2D eigenvalue weighted by Crippen LogP contribution is 2.32. The van der Waals surface area contributed by atoms with Crippen LogP contribution in [0, 0.1) is 11.8 Å². The van der Waals surface area contributed by atoms with Crippen molar-refractivity contribution >= 4 is 36.0 Å². The first-order valence-corrected chi connectivity index (χ1v) is 10.9. The van der Waals surface area contributed by atoms with Crippen molar-refractivity contribution in [2.75, 3.05) is 32.7 Å². The number of guanidine groups is 1. The van der Waals surface area contributed by atoms with Crippen molar-refractivity contribution < 1.29 is 9.53 Å². The normalized spacial score (nSPS) is 21.1. The van der Waals surface area contributed by atoms with Crippen molar-refractivity contribution in [1.29, 1.82) is 0 Å². The molecule has 0 aromatic heterocycles. The van der Waals surface area contributed by atoms with Crippen LogP contribution in [0.25, 0.3) is 0 Å². The zero-order valence-corrected chi connectivity index (χ0v) is 20.4. The molecule has 1 amide bonds.